The van der Waals surface area contributed by atoms with E-state index in [2.05, 4.69) is 5.32 Å². The summed E-state index contributed by atoms with van der Waals surface area (Å²) in [6, 6.07) is 8.95. The van der Waals surface area contributed by atoms with Gasteiger partial charge in [-0.15, -0.1) is 0 Å². The number of aryl methyl sites for hydroxylation is 1. The highest BCUT2D eigenvalue weighted by atomic mass is 16.3. The molecule has 6 nitrogen and oxygen atoms in total. The first-order valence-electron chi connectivity index (χ1n) is 8.75. The third-order valence-electron chi connectivity index (χ3n) is 4.34. The molecule has 0 radical (unpaired) electrons. The number of unbranched alkanes of at least 4 members (excludes halogenated alkanes) is 2. The normalized spacial score (nSPS) is 12.5. The first-order valence-corrected chi connectivity index (χ1v) is 8.75. The minimum absolute atomic E-state index is 0.0798. The Kier molecular flexibility index (Phi) is 6.58. The number of carbonyl (C=O) groups is 2. The maximum Gasteiger partial charge on any atom is 0.268 e. The smallest absolute Gasteiger partial charge is 0.268 e. The van der Waals surface area contributed by atoms with Gasteiger partial charge in [-0.1, -0.05) is 32.0 Å². The zero-order valence-electron chi connectivity index (χ0n) is 14.9. The summed E-state index contributed by atoms with van der Waals surface area (Å²) in [5.74, 6) is -0.909. The fraction of sp³-hybridized carbons (Fsp3) is 0.474. The van der Waals surface area contributed by atoms with E-state index in [1.807, 2.05) is 48.7 Å². The number of carbonyl (C=O) groups excluding carboxylic acids is 2. The number of hydrogen-bond acceptors (Lipinski definition) is 3. The van der Waals surface area contributed by atoms with Gasteiger partial charge in [0.2, 0.25) is 5.91 Å². The Balaban J connectivity index is 2.28. The highest BCUT2D eigenvalue weighted by Crippen LogP contribution is 2.21. The van der Waals surface area contributed by atoms with Crippen molar-refractivity contribution in [3.8, 4) is 0 Å². The first-order chi connectivity index (χ1) is 12.0. The molecular formula is C19H27N3O3. The van der Waals surface area contributed by atoms with Crippen LogP contribution in [0, 0.1) is 5.92 Å². The van der Waals surface area contributed by atoms with E-state index in [4.69, 9.17) is 10.8 Å². The number of para-hydroxylation sites is 1. The monoisotopic (exact) mass is 345 g/mol. The molecule has 0 aliphatic heterocycles. The number of nitrogens with one attached hydrogen (secondary N) is 1. The van der Waals surface area contributed by atoms with Crippen molar-refractivity contribution in [3.05, 3.63) is 36.0 Å². The van der Waals surface area contributed by atoms with Gasteiger partial charge >= 0.3 is 0 Å². The SMILES string of the molecule is CC(C)[C@H](NC(=O)c1cc2ccccc2n1CCCCCO)C(N)=O. The van der Waals surface area contributed by atoms with Gasteiger partial charge in [0.15, 0.2) is 0 Å². The van der Waals surface area contributed by atoms with Crippen molar-refractivity contribution >= 4 is 22.7 Å². The van der Waals surface area contributed by atoms with E-state index < -0.39 is 11.9 Å². The number of nitrogens with zero attached hydrogens (tertiary/aromatic N) is 1. The molecule has 4 N–H and O–H groups in total. The summed E-state index contributed by atoms with van der Waals surface area (Å²) < 4.78 is 1.97. The van der Waals surface area contributed by atoms with Crippen LogP contribution in [0.5, 0.6) is 0 Å². The molecule has 0 saturated heterocycles. The molecule has 1 aromatic carbocycles. The lowest BCUT2D eigenvalue weighted by atomic mass is 10.0. The summed E-state index contributed by atoms with van der Waals surface area (Å²) in [5.41, 5.74) is 6.91. The third-order valence-corrected chi connectivity index (χ3v) is 4.34. The maximum atomic E-state index is 12.8. The summed E-state index contributed by atoms with van der Waals surface area (Å²) in [6.07, 6.45) is 2.50. The summed E-state index contributed by atoms with van der Waals surface area (Å²) in [7, 11) is 0. The Hall–Kier alpha value is -2.34. The zero-order valence-corrected chi connectivity index (χ0v) is 14.9. The van der Waals surface area contributed by atoms with Crippen molar-refractivity contribution < 1.29 is 14.7 Å². The minimum Gasteiger partial charge on any atom is -0.396 e. The fourth-order valence-corrected chi connectivity index (χ4v) is 2.98. The fourth-order valence-electron chi connectivity index (χ4n) is 2.98. The van der Waals surface area contributed by atoms with Crippen molar-refractivity contribution in [3.63, 3.8) is 0 Å². The molecule has 0 bridgehead atoms. The van der Waals surface area contributed by atoms with Crippen LogP contribution in [0.1, 0.15) is 43.6 Å². The topological polar surface area (TPSA) is 97.3 Å². The van der Waals surface area contributed by atoms with Crippen LogP contribution in [0.4, 0.5) is 0 Å². The third kappa shape index (κ3) is 4.60. The molecule has 2 aromatic rings. The summed E-state index contributed by atoms with van der Waals surface area (Å²) in [5, 5.41) is 12.7. The van der Waals surface area contributed by atoms with Gasteiger partial charge in [-0.3, -0.25) is 9.59 Å². The molecule has 2 rings (SSSR count). The highest BCUT2D eigenvalue weighted by Gasteiger charge is 2.24. The van der Waals surface area contributed by atoms with E-state index in [1.54, 1.807) is 0 Å². The van der Waals surface area contributed by atoms with Crippen LogP contribution >= 0.6 is 0 Å². The molecule has 6 heteroatoms. The Morgan fingerprint density at radius 2 is 1.92 bits per heavy atom. The second-order valence-corrected chi connectivity index (χ2v) is 6.62. The molecular weight excluding hydrogens is 318 g/mol. The Morgan fingerprint density at radius 1 is 1.20 bits per heavy atom. The van der Waals surface area contributed by atoms with Crippen LogP contribution in [0.2, 0.25) is 0 Å². The number of fused-ring (bicyclic) bond motifs is 1. The summed E-state index contributed by atoms with van der Waals surface area (Å²) >= 11 is 0. The van der Waals surface area contributed by atoms with Crippen molar-refractivity contribution in [1.82, 2.24) is 9.88 Å². The van der Waals surface area contributed by atoms with Gasteiger partial charge in [-0.25, -0.2) is 0 Å². The quantitative estimate of drug-likeness (QED) is 0.607. The van der Waals surface area contributed by atoms with E-state index in [-0.39, 0.29) is 18.4 Å². The molecule has 2 amide bonds. The number of benzene rings is 1. The number of rotatable bonds is 9. The second-order valence-electron chi connectivity index (χ2n) is 6.62. The molecule has 0 aliphatic rings. The van der Waals surface area contributed by atoms with E-state index in [9.17, 15) is 9.59 Å². The molecule has 1 aromatic heterocycles. The minimum atomic E-state index is -0.701. The summed E-state index contributed by atoms with van der Waals surface area (Å²) in [4.78, 5) is 24.3. The van der Waals surface area contributed by atoms with E-state index >= 15 is 0 Å². The lowest BCUT2D eigenvalue weighted by Crippen LogP contribution is -2.48. The molecule has 25 heavy (non-hydrogen) atoms. The Bertz CT molecular complexity index is 737. The molecule has 136 valence electrons. The first kappa shape index (κ1) is 19.0. The van der Waals surface area contributed by atoms with Crippen LogP contribution < -0.4 is 11.1 Å². The highest BCUT2D eigenvalue weighted by molar-refractivity contribution is 6.00. The second kappa shape index (κ2) is 8.67. The van der Waals surface area contributed by atoms with E-state index in [0.29, 0.717) is 12.2 Å². The van der Waals surface area contributed by atoms with Crippen LogP contribution in [-0.4, -0.2) is 34.1 Å². The van der Waals surface area contributed by atoms with Gasteiger partial charge in [0, 0.05) is 24.1 Å². The Labute approximate surface area is 148 Å². The van der Waals surface area contributed by atoms with Crippen molar-refractivity contribution in [1.29, 1.82) is 0 Å². The average Bonchev–Trinajstić information content (AvgIpc) is 2.94. The standard InChI is InChI=1S/C19H27N3O3/c1-13(2)17(18(20)24)21-19(25)16-12-14-8-4-5-9-15(14)22(16)10-6-3-7-11-23/h4-5,8-9,12-13,17,23H,3,6-7,10-11H2,1-2H3,(H2,20,24)(H,21,25)/t17-/m0/s1. The van der Waals surface area contributed by atoms with Crippen LogP contribution in [-0.2, 0) is 11.3 Å². The van der Waals surface area contributed by atoms with Gasteiger partial charge in [0.25, 0.3) is 5.91 Å². The average molecular weight is 345 g/mol. The largest absolute Gasteiger partial charge is 0.396 e. The van der Waals surface area contributed by atoms with E-state index in [0.717, 1.165) is 30.2 Å². The van der Waals surface area contributed by atoms with Gasteiger partial charge in [0.05, 0.1) is 0 Å². The van der Waals surface area contributed by atoms with Gasteiger partial charge < -0.3 is 20.7 Å². The zero-order chi connectivity index (χ0) is 18.4. The van der Waals surface area contributed by atoms with Crippen LogP contribution in [0.25, 0.3) is 10.9 Å². The lowest BCUT2D eigenvalue weighted by Gasteiger charge is -2.19. The number of amides is 2. The number of hydrogen-bond donors (Lipinski definition) is 3. The van der Waals surface area contributed by atoms with Crippen LogP contribution in [0.15, 0.2) is 30.3 Å². The molecule has 0 aliphatic carbocycles. The van der Waals surface area contributed by atoms with Gasteiger partial charge in [-0.2, -0.15) is 0 Å². The number of aliphatic hydroxyl groups excluding tert-OH is 1. The van der Waals surface area contributed by atoms with Crippen molar-refractivity contribution in [2.24, 2.45) is 11.7 Å². The van der Waals surface area contributed by atoms with Gasteiger partial charge in [0.1, 0.15) is 11.7 Å². The van der Waals surface area contributed by atoms with Crippen molar-refractivity contribution in [2.75, 3.05) is 6.61 Å². The lowest BCUT2D eigenvalue weighted by molar-refractivity contribution is -0.120. The molecule has 0 unspecified atom stereocenters. The van der Waals surface area contributed by atoms with Crippen LogP contribution in [0.3, 0.4) is 0 Å². The van der Waals surface area contributed by atoms with Crippen molar-refractivity contribution in [2.45, 2.75) is 45.7 Å². The molecule has 1 heterocycles. The van der Waals surface area contributed by atoms with E-state index in [1.165, 1.54) is 0 Å². The number of aliphatic hydroxyl groups is 1. The number of primary amides is 1. The maximum absolute atomic E-state index is 12.8. The molecule has 0 saturated carbocycles. The molecule has 0 spiro atoms. The molecule has 1 atom stereocenters. The van der Waals surface area contributed by atoms with Gasteiger partial charge in [-0.05, 0) is 37.3 Å². The number of nitrogens with two attached hydrogens (primary N) is 1. The Morgan fingerprint density at radius 3 is 2.56 bits per heavy atom. The number of aromatic nitrogens is 1. The predicted octanol–water partition coefficient (Wildman–Crippen LogP) is 2.04. The summed E-state index contributed by atoms with van der Waals surface area (Å²) in [6.45, 7) is 4.55. The molecule has 0 fully saturated rings. The predicted molar refractivity (Wildman–Crippen MR) is 98.2 cm³/mol.